The summed E-state index contributed by atoms with van der Waals surface area (Å²) < 4.78 is 25.7. The fraction of sp³-hybridized carbons (Fsp3) is 0.250. The molecule has 0 heterocycles. The predicted octanol–water partition coefficient (Wildman–Crippen LogP) is 3.16. The van der Waals surface area contributed by atoms with Gasteiger partial charge in [-0.25, -0.2) is 8.42 Å². The van der Waals surface area contributed by atoms with E-state index < -0.39 is 9.84 Å². The summed E-state index contributed by atoms with van der Waals surface area (Å²) in [5.74, 6) is -0.359. The number of phenolic OH excluding ortho intramolecular Hbond substituents is 2. The van der Waals surface area contributed by atoms with Crippen LogP contribution in [-0.4, -0.2) is 18.6 Å². The van der Waals surface area contributed by atoms with Crippen LogP contribution in [0.2, 0.25) is 0 Å². The Bertz CT molecular complexity index is 821. The van der Waals surface area contributed by atoms with Crippen molar-refractivity contribution in [3.63, 3.8) is 0 Å². The average Bonchev–Trinajstić information content (AvgIpc) is 2.38. The smallest absolute Gasteiger partial charge is 0.210 e. The topological polar surface area (TPSA) is 74.6 Å². The van der Waals surface area contributed by atoms with Crippen molar-refractivity contribution in [1.82, 2.24) is 0 Å². The average molecular weight is 306 g/mol. The lowest BCUT2D eigenvalue weighted by molar-refractivity contribution is 0.457. The van der Waals surface area contributed by atoms with Gasteiger partial charge in [0, 0.05) is 5.56 Å². The predicted molar refractivity (Wildman–Crippen MR) is 80.6 cm³/mol. The first-order valence-corrected chi connectivity index (χ1v) is 7.99. The van der Waals surface area contributed by atoms with E-state index in [1.165, 1.54) is 18.2 Å². The third-order valence-electron chi connectivity index (χ3n) is 3.71. The highest BCUT2D eigenvalue weighted by Gasteiger charge is 2.27. The first-order chi connectivity index (χ1) is 9.66. The quantitative estimate of drug-likeness (QED) is 0.893. The Labute approximate surface area is 124 Å². The molecule has 0 aromatic heterocycles. The first kappa shape index (κ1) is 15.4. The van der Waals surface area contributed by atoms with Crippen LogP contribution in [0.4, 0.5) is 0 Å². The van der Waals surface area contributed by atoms with Gasteiger partial charge in [-0.05, 0) is 62.6 Å². The highest BCUT2D eigenvalue weighted by Crippen LogP contribution is 2.36. The zero-order valence-corrected chi connectivity index (χ0v) is 13.2. The number of phenols is 2. The fourth-order valence-corrected chi connectivity index (χ4v) is 4.22. The molecule has 0 bridgehead atoms. The van der Waals surface area contributed by atoms with Crippen LogP contribution in [0.25, 0.3) is 0 Å². The molecule has 112 valence electrons. The number of hydrogen-bond donors (Lipinski definition) is 2. The Morgan fingerprint density at radius 3 is 2.00 bits per heavy atom. The molecule has 0 aliphatic rings. The highest BCUT2D eigenvalue weighted by molar-refractivity contribution is 7.91. The van der Waals surface area contributed by atoms with Crippen LogP contribution >= 0.6 is 0 Å². The molecule has 0 amide bonds. The summed E-state index contributed by atoms with van der Waals surface area (Å²) in [6.07, 6.45) is 0. The van der Waals surface area contributed by atoms with Crippen LogP contribution in [0, 0.1) is 27.7 Å². The monoisotopic (exact) mass is 306 g/mol. The molecule has 0 unspecified atom stereocenters. The maximum atomic E-state index is 12.8. The van der Waals surface area contributed by atoms with E-state index >= 15 is 0 Å². The van der Waals surface area contributed by atoms with E-state index in [2.05, 4.69) is 0 Å². The number of sulfone groups is 1. The zero-order chi connectivity index (χ0) is 15.9. The molecule has 5 heteroatoms. The fourth-order valence-electron chi connectivity index (χ4n) is 2.33. The molecule has 0 fully saturated rings. The minimum atomic E-state index is -3.90. The number of benzene rings is 2. The molecule has 2 rings (SSSR count). The summed E-state index contributed by atoms with van der Waals surface area (Å²) in [5.41, 5.74) is 2.41. The van der Waals surface area contributed by atoms with Crippen molar-refractivity contribution >= 4 is 9.84 Å². The van der Waals surface area contributed by atoms with E-state index in [4.69, 9.17) is 0 Å². The third-order valence-corrected chi connectivity index (χ3v) is 5.78. The minimum absolute atomic E-state index is 0.0426. The first-order valence-electron chi connectivity index (χ1n) is 6.50. The molecule has 0 aliphatic heterocycles. The van der Waals surface area contributed by atoms with Gasteiger partial charge in [0.05, 0.1) is 4.90 Å². The van der Waals surface area contributed by atoms with Crippen LogP contribution in [0.1, 0.15) is 22.3 Å². The number of aromatic hydroxyl groups is 2. The molecule has 0 radical (unpaired) electrons. The van der Waals surface area contributed by atoms with Crippen LogP contribution in [0.3, 0.4) is 0 Å². The largest absolute Gasteiger partial charge is 0.508 e. The van der Waals surface area contributed by atoms with Crippen molar-refractivity contribution in [2.45, 2.75) is 37.5 Å². The van der Waals surface area contributed by atoms with Gasteiger partial charge in [-0.3, -0.25) is 0 Å². The lowest BCUT2D eigenvalue weighted by atomic mass is 10.1. The second-order valence-electron chi connectivity index (χ2n) is 5.26. The van der Waals surface area contributed by atoms with Gasteiger partial charge in [-0.15, -0.1) is 0 Å². The molecule has 2 aromatic carbocycles. The summed E-state index contributed by atoms with van der Waals surface area (Å²) in [6.45, 7) is 6.80. The number of aryl methyl sites for hydroxylation is 3. The van der Waals surface area contributed by atoms with E-state index in [0.29, 0.717) is 5.56 Å². The lowest BCUT2D eigenvalue weighted by Crippen LogP contribution is -2.07. The summed E-state index contributed by atoms with van der Waals surface area (Å²) >= 11 is 0. The van der Waals surface area contributed by atoms with E-state index in [1.54, 1.807) is 33.8 Å². The Balaban J connectivity index is 2.81. The maximum Gasteiger partial charge on any atom is 0.210 e. The molecule has 0 atom stereocenters. The Morgan fingerprint density at radius 2 is 1.38 bits per heavy atom. The number of hydrogen-bond acceptors (Lipinski definition) is 4. The van der Waals surface area contributed by atoms with E-state index in [9.17, 15) is 18.6 Å². The van der Waals surface area contributed by atoms with Gasteiger partial charge in [0.15, 0.2) is 0 Å². The van der Waals surface area contributed by atoms with Crippen LogP contribution in [0.5, 0.6) is 11.5 Å². The zero-order valence-electron chi connectivity index (χ0n) is 12.4. The maximum absolute atomic E-state index is 12.8. The van der Waals surface area contributed by atoms with Gasteiger partial charge in [0.2, 0.25) is 9.84 Å². The van der Waals surface area contributed by atoms with Crippen molar-refractivity contribution in [1.29, 1.82) is 0 Å². The van der Waals surface area contributed by atoms with Gasteiger partial charge in [-0.1, -0.05) is 6.07 Å². The summed E-state index contributed by atoms with van der Waals surface area (Å²) in [4.78, 5) is -0.0940. The summed E-state index contributed by atoms with van der Waals surface area (Å²) in [6, 6.07) is 5.91. The molecular formula is C16H18O4S. The molecule has 2 N–H and O–H groups in total. The molecule has 0 saturated heterocycles. The minimum Gasteiger partial charge on any atom is -0.508 e. The van der Waals surface area contributed by atoms with Crippen molar-refractivity contribution in [2.75, 3.05) is 0 Å². The van der Waals surface area contributed by atoms with Gasteiger partial charge < -0.3 is 10.2 Å². The van der Waals surface area contributed by atoms with Gasteiger partial charge in [0.1, 0.15) is 16.4 Å². The van der Waals surface area contributed by atoms with Crippen molar-refractivity contribution < 1.29 is 18.6 Å². The normalized spacial score (nSPS) is 11.6. The third kappa shape index (κ3) is 2.49. The standard InChI is InChI=1S/C16H18O4S/c1-9-5-6-13(17)12(4)16(9)21(19,20)15-8-11(3)10(2)7-14(15)18/h5-8,17-18H,1-4H3. The lowest BCUT2D eigenvalue weighted by Gasteiger charge is -2.14. The molecule has 0 saturated carbocycles. The molecule has 2 aromatic rings. The van der Waals surface area contributed by atoms with Gasteiger partial charge in [0.25, 0.3) is 0 Å². The van der Waals surface area contributed by atoms with Crippen LogP contribution in [0.15, 0.2) is 34.1 Å². The van der Waals surface area contributed by atoms with E-state index in [-0.39, 0.29) is 26.9 Å². The second kappa shape index (κ2) is 5.07. The second-order valence-corrected chi connectivity index (χ2v) is 7.12. The Kier molecular flexibility index (Phi) is 3.72. The molecule has 0 spiro atoms. The van der Waals surface area contributed by atoms with Gasteiger partial charge in [-0.2, -0.15) is 0 Å². The van der Waals surface area contributed by atoms with E-state index in [0.717, 1.165) is 11.1 Å². The van der Waals surface area contributed by atoms with Crippen molar-refractivity contribution in [3.8, 4) is 11.5 Å². The number of rotatable bonds is 2. The van der Waals surface area contributed by atoms with E-state index in [1.807, 2.05) is 0 Å². The molecule has 4 nitrogen and oxygen atoms in total. The van der Waals surface area contributed by atoms with Crippen LogP contribution in [-0.2, 0) is 9.84 Å². The Morgan fingerprint density at radius 1 is 0.810 bits per heavy atom. The summed E-state index contributed by atoms with van der Waals surface area (Å²) in [5, 5.41) is 19.8. The molecule has 0 aliphatic carbocycles. The molecular weight excluding hydrogens is 288 g/mol. The van der Waals surface area contributed by atoms with Crippen molar-refractivity contribution in [2.24, 2.45) is 0 Å². The summed E-state index contributed by atoms with van der Waals surface area (Å²) in [7, 11) is -3.90. The SMILES string of the molecule is Cc1cc(O)c(S(=O)(=O)c2c(C)ccc(O)c2C)cc1C. The Hall–Kier alpha value is -2.01. The molecule has 21 heavy (non-hydrogen) atoms. The van der Waals surface area contributed by atoms with Crippen LogP contribution < -0.4 is 0 Å². The van der Waals surface area contributed by atoms with Gasteiger partial charge >= 0.3 is 0 Å². The van der Waals surface area contributed by atoms with Crippen molar-refractivity contribution in [3.05, 3.63) is 46.5 Å². The highest BCUT2D eigenvalue weighted by atomic mass is 32.2.